The molecule has 0 radical (unpaired) electrons. The summed E-state index contributed by atoms with van der Waals surface area (Å²) in [4.78, 5) is 17.8. The van der Waals surface area contributed by atoms with Crippen molar-refractivity contribution in [2.45, 2.75) is 63.3 Å². The van der Waals surface area contributed by atoms with Crippen LogP contribution in [0.5, 0.6) is 0 Å². The van der Waals surface area contributed by atoms with Gasteiger partial charge in [0.1, 0.15) is 12.3 Å². The van der Waals surface area contributed by atoms with E-state index in [0.717, 1.165) is 68.1 Å². The van der Waals surface area contributed by atoms with Gasteiger partial charge in [-0.1, -0.05) is 33.1 Å². The Bertz CT molecular complexity index is 998. The summed E-state index contributed by atoms with van der Waals surface area (Å²) in [6.07, 6.45) is 7.56. The van der Waals surface area contributed by atoms with Gasteiger partial charge in [0.15, 0.2) is 0 Å². The standard InChI is InChI=1S/C24H35N3O3S/c1-3-18-12-19(4-2)16-27(15-18)31(29,30)21-8-9-22-20(13-21)14-23(25-22)24(17-28)26-10-6-5-7-11-26/h8-9,13-14,17-19,24-25H,3-7,10-12,15-16H2,1-2H3. The number of carbonyl (C=O) groups is 1. The number of sulfonamides is 1. The second-order valence-corrected chi connectivity index (χ2v) is 11.2. The molecule has 31 heavy (non-hydrogen) atoms. The van der Waals surface area contributed by atoms with Gasteiger partial charge in [0.25, 0.3) is 0 Å². The van der Waals surface area contributed by atoms with Crippen molar-refractivity contribution in [3.05, 3.63) is 30.0 Å². The molecule has 2 aromatic rings. The molecule has 1 aromatic heterocycles. The number of H-pyrrole nitrogens is 1. The number of nitrogens with zero attached hydrogens (tertiary/aromatic N) is 2. The molecule has 0 bridgehead atoms. The van der Waals surface area contributed by atoms with Gasteiger partial charge in [-0.25, -0.2) is 8.42 Å². The summed E-state index contributed by atoms with van der Waals surface area (Å²) in [6, 6.07) is 6.94. The maximum Gasteiger partial charge on any atom is 0.243 e. The van der Waals surface area contributed by atoms with Crippen LogP contribution < -0.4 is 0 Å². The summed E-state index contributed by atoms with van der Waals surface area (Å²) < 4.78 is 28.6. The molecule has 6 nitrogen and oxygen atoms in total. The molecular formula is C24H35N3O3S. The Morgan fingerprint density at radius 1 is 1.06 bits per heavy atom. The van der Waals surface area contributed by atoms with Crippen molar-refractivity contribution in [3.8, 4) is 0 Å². The Balaban J connectivity index is 1.62. The number of likely N-dealkylation sites (tertiary alicyclic amines) is 1. The van der Waals surface area contributed by atoms with Crippen molar-refractivity contribution in [2.24, 2.45) is 11.8 Å². The fraction of sp³-hybridized carbons (Fsp3) is 0.625. The average Bonchev–Trinajstić information content (AvgIpc) is 3.22. The molecule has 0 saturated carbocycles. The van der Waals surface area contributed by atoms with Crippen molar-refractivity contribution >= 4 is 27.2 Å². The van der Waals surface area contributed by atoms with E-state index in [1.54, 1.807) is 16.4 Å². The molecule has 170 valence electrons. The molecule has 2 aliphatic rings. The highest BCUT2D eigenvalue weighted by molar-refractivity contribution is 7.89. The molecule has 2 fully saturated rings. The lowest BCUT2D eigenvalue weighted by Crippen LogP contribution is -2.43. The van der Waals surface area contributed by atoms with Crippen LogP contribution in [0.25, 0.3) is 10.9 Å². The molecule has 3 unspecified atom stereocenters. The number of aldehydes is 1. The Hall–Kier alpha value is -1.70. The summed E-state index contributed by atoms with van der Waals surface area (Å²) in [5.41, 5.74) is 1.71. The predicted octanol–water partition coefficient (Wildman–Crippen LogP) is 4.34. The first kappa shape index (κ1) is 22.5. The van der Waals surface area contributed by atoms with Crippen LogP contribution in [-0.2, 0) is 14.8 Å². The van der Waals surface area contributed by atoms with Crippen molar-refractivity contribution in [1.29, 1.82) is 0 Å². The second-order valence-electron chi connectivity index (χ2n) is 9.26. The summed E-state index contributed by atoms with van der Waals surface area (Å²) in [7, 11) is -3.54. The number of piperidine rings is 2. The summed E-state index contributed by atoms with van der Waals surface area (Å²) in [5.74, 6) is 0.850. The van der Waals surface area contributed by atoms with Gasteiger partial charge in [0, 0.05) is 29.7 Å². The summed E-state index contributed by atoms with van der Waals surface area (Å²) >= 11 is 0. The maximum absolute atomic E-state index is 13.4. The van der Waals surface area contributed by atoms with Gasteiger partial charge in [-0.15, -0.1) is 0 Å². The molecule has 2 aliphatic heterocycles. The Morgan fingerprint density at radius 3 is 2.35 bits per heavy atom. The third-order valence-electron chi connectivity index (χ3n) is 7.23. The first-order chi connectivity index (χ1) is 15.0. The van der Waals surface area contributed by atoms with Gasteiger partial charge in [0.2, 0.25) is 10.0 Å². The molecule has 3 atom stereocenters. The highest BCUT2D eigenvalue weighted by Crippen LogP contribution is 2.32. The molecule has 0 spiro atoms. The van der Waals surface area contributed by atoms with E-state index < -0.39 is 10.0 Å². The zero-order chi connectivity index (χ0) is 22.0. The topological polar surface area (TPSA) is 73.5 Å². The quantitative estimate of drug-likeness (QED) is 0.644. The number of carbonyl (C=O) groups excluding carboxylic acids is 1. The van der Waals surface area contributed by atoms with Gasteiger partial charge >= 0.3 is 0 Å². The Labute approximate surface area is 186 Å². The van der Waals surface area contributed by atoms with Crippen LogP contribution in [0.3, 0.4) is 0 Å². The number of hydrogen-bond donors (Lipinski definition) is 1. The Morgan fingerprint density at radius 2 is 1.74 bits per heavy atom. The van der Waals surface area contributed by atoms with E-state index in [4.69, 9.17) is 0 Å². The van der Waals surface area contributed by atoms with Gasteiger partial charge < -0.3 is 9.78 Å². The molecule has 1 N–H and O–H groups in total. The third-order valence-corrected chi connectivity index (χ3v) is 9.06. The number of aromatic amines is 1. The molecule has 4 rings (SSSR count). The highest BCUT2D eigenvalue weighted by atomic mass is 32.2. The fourth-order valence-corrected chi connectivity index (χ4v) is 6.84. The van der Waals surface area contributed by atoms with Gasteiger partial charge in [-0.05, 0) is 68.5 Å². The van der Waals surface area contributed by atoms with Gasteiger partial charge in [-0.3, -0.25) is 4.90 Å². The zero-order valence-electron chi connectivity index (χ0n) is 18.7. The number of fused-ring (bicyclic) bond motifs is 1. The van der Waals surface area contributed by atoms with Crippen LogP contribution in [0.1, 0.15) is 64.1 Å². The lowest BCUT2D eigenvalue weighted by Gasteiger charge is -2.36. The number of hydrogen-bond acceptors (Lipinski definition) is 4. The van der Waals surface area contributed by atoms with Crippen LogP contribution in [0.15, 0.2) is 29.2 Å². The third kappa shape index (κ3) is 4.59. The van der Waals surface area contributed by atoms with E-state index in [2.05, 4.69) is 23.7 Å². The predicted molar refractivity (Wildman–Crippen MR) is 123 cm³/mol. The van der Waals surface area contributed by atoms with Crippen molar-refractivity contribution in [1.82, 2.24) is 14.2 Å². The lowest BCUT2D eigenvalue weighted by atomic mass is 9.87. The molecular weight excluding hydrogens is 410 g/mol. The van der Waals surface area contributed by atoms with Crippen LogP contribution >= 0.6 is 0 Å². The number of nitrogens with one attached hydrogen (secondary N) is 1. The SMILES string of the molecule is CCC1CC(CC)CN(S(=O)(=O)c2ccc3[nH]c(C(C=O)N4CCCCC4)cc3c2)C1. The molecule has 1 aromatic carbocycles. The largest absolute Gasteiger partial charge is 0.357 e. The molecule has 7 heteroatoms. The lowest BCUT2D eigenvalue weighted by molar-refractivity contribution is -0.113. The molecule has 0 amide bonds. The zero-order valence-corrected chi connectivity index (χ0v) is 19.5. The maximum atomic E-state index is 13.4. The highest BCUT2D eigenvalue weighted by Gasteiger charge is 2.34. The van der Waals surface area contributed by atoms with Crippen LogP contribution in [0.4, 0.5) is 0 Å². The van der Waals surface area contributed by atoms with E-state index in [-0.39, 0.29) is 6.04 Å². The number of aromatic nitrogens is 1. The fourth-order valence-electron chi connectivity index (χ4n) is 5.21. The molecule has 0 aliphatic carbocycles. The minimum atomic E-state index is -3.54. The summed E-state index contributed by atoms with van der Waals surface area (Å²) in [5, 5.41) is 0.844. The van der Waals surface area contributed by atoms with E-state index in [9.17, 15) is 13.2 Å². The monoisotopic (exact) mass is 445 g/mol. The molecule has 2 saturated heterocycles. The average molecular weight is 446 g/mol. The molecule has 3 heterocycles. The first-order valence-electron chi connectivity index (χ1n) is 11.8. The van der Waals surface area contributed by atoms with Crippen molar-refractivity contribution in [3.63, 3.8) is 0 Å². The van der Waals surface area contributed by atoms with Gasteiger partial charge in [0.05, 0.1) is 4.90 Å². The minimum absolute atomic E-state index is 0.300. The van der Waals surface area contributed by atoms with Crippen molar-refractivity contribution in [2.75, 3.05) is 26.2 Å². The first-order valence-corrected chi connectivity index (χ1v) is 13.2. The second kappa shape index (κ2) is 9.43. The van der Waals surface area contributed by atoms with E-state index >= 15 is 0 Å². The number of rotatable bonds is 7. The van der Waals surface area contributed by atoms with E-state index in [1.165, 1.54) is 6.42 Å². The van der Waals surface area contributed by atoms with E-state index in [0.29, 0.717) is 29.8 Å². The summed E-state index contributed by atoms with van der Waals surface area (Å²) in [6.45, 7) is 7.34. The normalized spacial score (nSPS) is 25.0. The van der Waals surface area contributed by atoms with Crippen LogP contribution in [-0.4, -0.2) is 55.1 Å². The van der Waals surface area contributed by atoms with Crippen LogP contribution in [0, 0.1) is 11.8 Å². The van der Waals surface area contributed by atoms with E-state index in [1.807, 2.05) is 12.1 Å². The van der Waals surface area contributed by atoms with Crippen LogP contribution in [0.2, 0.25) is 0 Å². The van der Waals surface area contributed by atoms with Gasteiger partial charge in [-0.2, -0.15) is 4.31 Å². The smallest absolute Gasteiger partial charge is 0.243 e. The Kier molecular flexibility index (Phi) is 6.84. The number of benzene rings is 1. The van der Waals surface area contributed by atoms with Crippen molar-refractivity contribution < 1.29 is 13.2 Å². The minimum Gasteiger partial charge on any atom is -0.357 e.